The van der Waals surface area contributed by atoms with E-state index < -0.39 is 11.9 Å². The van der Waals surface area contributed by atoms with Crippen molar-refractivity contribution in [2.75, 3.05) is 33.9 Å². The Morgan fingerprint density at radius 3 is 2.64 bits per heavy atom. The van der Waals surface area contributed by atoms with Gasteiger partial charge in [0.25, 0.3) is 0 Å². The van der Waals surface area contributed by atoms with Crippen LogP contribution in [0.4, 0.5) is 13.2 Å². The van der Waals surface area contributed by atoms with E-state index in [0.717, 1.165) is 28.0 Å². The van der Waals surface area contributed by atoms with E-state index in [9.17, 15) is 13.2 Å². The van der Waals surface area contributed by atoms with Gasteiger partial charge in [0.2, 0.25) is 0 Å². The molecule has 0 spiro atoms. The van der Waals surface area contributed by atoms with Crippen LogP contribution in [0, 0.1) is 0 Å². The standard InChI is InChI=1S/C18H23F3N4O2S/c1-22-17(23-8-7-16-25-15(12-28-16)18(19,20)21)24-9-10-27-11-13-5-3-4-6-14(13)26-2/h3-6,12H,7-11H2,1-2H3,(H2,22,23,24). The van der Waals surface area contributed by atoms with Crippen molar-refractivity contribution in [1.29, 1.82) is 0 Å². The molecule has 0 amide bonds. The summed E-state index contributed by atoms with van der Waals surface area (Å²) in [6, 6.07) is 7.64. The smallest absolute Gasteiger partial charge is 0.434 e. The summed E-state index contributed by atoms with van der Waals surface area (Å²) in [5, 5.41) is 7.58. The normalized spacial score (nSPS) is 12.1. The number of hydrogen-bond acceptors (Lipinski definition) is 5. The molecule has 1 aromatic carbocycles. The lowest BCUT2D eigenvalue weighted by atomic mass is 10.2. The third-order valence-corrected chi connectivity index (χ3v) is 4.59. The highest BCUT2D eigenvalue weighted by molar-refractivity contribution is 7.09. The van der Waals surface area contributed by atoms with Crippen LogP contribution < -0.4 is 15.4 Å². The number of aromatic nitrogens is 1. The van der Waals surface area contributed by atoms with Crippen LogP contribution in [-0.2, 0) is 23.9 Å². The van der Waals surface area contributed by atoms with Gasteiger partial charge in [-0.3, -0.25) is 4.99 Å². The molecule has 2 aromatic rings. The molecule has 0 radical (unpaired) electrons. The molecule has 10 heteroatoms. The summed E-state index contributed by atoms with van der Waals surface area (Å²) >= 11 is 0.999. The maximum Gasteiger partial charge on any atom is 0.434 e. The Balaban J connectivity index is 1.64. The molecule has 0 fully saturated rings. The lowest BCUT2D eigenvalue weighted by Gasteiger charge is -2.12. The van der Waals surface area contributed by atoms with E-state index in [4.69, 9.17) is 9.47 Å². The van der Waals surface area contributed by atoms with Crippen LogP contribution in [-0.4, -0.2) is 44.8 Å². The van der Waals surface area contributed by atoms with Crippen molar-refractivity contribution in [3.63, 3.8) is 0 Å². The van der Waals surface area contributed by atoms with Gasteiger partial charge in [-0.25, -0.2) is 4.98 Å². The van der Waals surface area contributed by atoms with Crippen LogP contribution in [0.2, 0.25) is 0 Å². The van der Waals surface area contributed by atoms with E-state index in [-0.39, 0.29) is 0 Å². The topological polar surface area (TPSA) is 67.8 Å². The van der Waals surface area contributed by atoms with E-state index in [1.165, 1.54) is 0 Å². The quantitative estimate of drug-likeness (QED) is 0.374. The first kappa shape index (κ1) is 22.0. The van der Waals surface area contributed by atoms with Crippen LogP contribution >= 0.6 is 11.3 Å². The molecule has 28 heavy (non-hydrogen) atoms. The third-order valence-electron chi connectivity index (χ3n) is 3.69. The summed E-state index contributed by atoms with van der Waals surface area (Å²) in [5.74, 6) is 1.33. The maximum absolute atomic E-state index is 12.5. The molecule has 0 aliphatic rings. The molecule has 0 unspecified atom stereocenters. The first-order valence-electron chi connectivity index (χ1n) is 8.59. The number of para-hydroxylation sites is 1. The minimum atomic E-state index is -4.40. The van der Waals surface area contributed by atoms with Crippen LogP contribution in [0.1, 0.15) is 16.3 Å². The number of thiazole rings is 1. The van der Waals surface area contributed by atoms with Crippen LogP contribution in [0.3, 0.4) is 0 Å². The third kappa shape index (κ3) is 7.01. The van der Waals surface area contributed by atoms with Gasteiger partial charge in [0, 0.05) is 37.5 Å². The molecule has 1 heterocycles. The van der Waals surface area contributed by atoms with E-state index in [1.807, 2.05) is 24.3 Å². The van der Waals surface area contributed by atoms with Crippen LogP contribution in [0.15, 0.2) is 34.6 Å². The molecule has 154 valence electrons. The molecule has 0 saturated heterocycles. The fraction of sp³-hybridized carbons (Fsp3) is 0.444. The second-order valence-electron chi connectivity index (χ2n) is 5.66. The van der Waals surface area contributed by atoms with Crippen molar-refractivity contribution in [2.24, 2.45) is 4.99 Å². The van der Waals surface area contributed by atoms with E-state index in [2.05, 4.69) is 20.6 Å². The van der Waals surface area contributed by atoms with Crippen molar-refractivity contribution in [3.05, 3.63) is 45.9 Å². The number of benzene rings is 1. The molecule has 0 aliphatic heterocycles. The molecule has 0 bridgehead atoms. The van der Waals surface area contributed by atoms with Gasteiger partial charge in [-0.15, -0.1) is 11.3 Å². The predicted octanol–water partition coefficient (Wildman–Crippen LogP) is 3.09. The number of methoxy groups -OCH3 is 1. The van der Waals surface area contributed by atoms with Gasteiger partial charge in [-0.1, -0.05) is 18.2 Å². The highest BCUT2D eigenvalue weighted by Gasteiger charge is 2.33. The fourth-order valence-corrected chi connectivity index (χ4v) is 3.12. The zero-order valence-electron chi connectivity index (χ0n) is 15.7. The van der Waals surface area contributed by atoms with Gasteiger partial charge >= 0.3 is 6.18 Å². The largest absolute Gasteiger partial charge is 0.496 e. The van der Waals surface area contributed by atoms with Gasteiger partial charge in [0.05, 0.1) is 25.3 Å². The molecular formula is C18H23F3N4O2S. The number of nitrogens with one attached hydrogen (secondary N) is 2. The average Bonchev–Trinajstić information content (AvgIpc) is 3.16. The number of hydrogen-bond donors (Lipinski definition) is 2. The lowest BCUT2D eigenvalue weighted by Crippen LogP contribution is -2.39. The summed E-state index contributed by atoms with van der Waals surface area (Å²) < 4.78 is 48.5. The van der Waals surface area contributed by atoms with Crippen molar-refractivity contribution in [3.8, 4) is 5.75 Å². The Kier molecular flexibility index (Phi) is 8.52. The van der Waals surface area contributed by atoms with Gasteiger partial charge in [0.1, 0.15) is 5.75 Å². The SMILES string of the molecule is CN=C(NCCOCc1ccccc1OC)NCCc1nc(C(F)(F)F)cs1. The Morgan fingerprint density at radius 1 is 1.21 bits per heavy atom. The van der Waals surface area contributed by atoms with Gasteiger partial charge in [-0.05, 0) is 6.07 Å². The number of guanidine groups is 1. The molecular weight excluding hydrogens is 393 g/mol. The molecule has 1 aromatic heterocycles. The minimum absolute atomic E-state index is 0.381. The zero-order valence-corrected chi connectivity index (χ0v) is 16.5. The van der Waals surface area contributed by atoms with Crippen molar-refractivity contribution >= 4 is 17.3 Å². The maximum atomic E-state index is 12.5. The molecule has 0 atom stereocenters. The fourth-order valence-electron chi connectivity index (χ4n) is 2.31. The van der Waals surface area contributed by atoms with Gasteiger partial charge in [-0.2, -0.15) is 13.2 Å². The van der Waals surface area contributed by atoms with E-state index in [1.54, 1.807) is 14.2 Å². The minimum Gasteiger partial charge on any atom is -0.496 e. The molecule has 2 N–H and O–H groups in total. The molecule has 0 saturated carbocycles. The molecule has 6 nitrogen and oxygen atoms in total. The number of aliphatic imine (C=N–C) groups is 1. The molecule has 0 aliphatic carbocycles. The summed E-state index contributed by atoms with van der Waals surface area (Å²) in [6.45, 7) is 1.85. The summed E-state index contributed by atoms with van der Waals surface area (Å²) in [4.78, 5) is 7.67. The van der Waals surface area contributed by atoms with Crippen molar-refractivity contribution < 1.29 is 22.6 Å². The van der Waals surface area contributed by atoms with Crippen LogP contribution in [0.5, 0.6) is 5.75 Å². The molecule has 2 rings (SSSR count). The number of rotatable bonds is 9. The second-order valence-corrected chi connectivity index (χ2v) is 6.61. The summed E-state index contributed by atoms with van der Waals surface area (Å²) in [5.41, 5.74) is 0.122. The summed E-state index contributed by atoms with van der Waals surface area (Å²) in [6.07, 6.45) is -4.02. The average molecular weight is 416 g/mol. The number of halogens is 3. The van der Waals surface area contributed by atoms with Crippen molar-refractivity contribution in [2.45, 2.75) is 19.2 Å². The van der Waals surface area contributed by atoms with E-state index >= 15 is 0 Å². The van der Waals surface area contributed by atoms with Crippen LogP contribution in [0.25, 0.3) is 0 Å². The number of nitrogens with zero attached hydrogens (tertiary/aromatic N) is 2. The second kappa shape index (κ2) is 10.9. The highest BCUT2D eigenvalue weighted by Crippen LogP contribution is 2.30. The number of alkyl halides is 3. The lowest BCUT2D eigenvalue weighted by molar-refractivity contribution is -0.140. The highest BCUT2D eigenvalue weighted by atomic mass is 32.1. The zero-order chi connectivity index (χ0) is 20.4. The number of ether oxygens (including phenoxy) is 2. The Labute approximate surface area is 165 Å². The Morgan fingerprint density at radius 2 is 1.96 bits per heavy atom. The first-order chi connectivity index (χ1) is 13.4. The first-order valence-corrected chi connectivity index (χ1v) is 9.47. The van der Waals surface area contributed by atoms with Gasteiger partial charge in [0.15, 0.2) is 11.7 Å². The predicted molar refractivity (Wildman–Crippen MR) is 103 cm³/mol. The van der Waals surface area contributed by atoms with Gasteiger partial charge < -0.3 is 20.1 Å². The summed E-state index contributed by atoms with van der Waals surface area (Å²) in [7, 11) is 3.24. The Hall–Kier alpha value is -2.33. The van der Waals surface area contributed by atoms with Crippen molar-refractivity contribution in [1.82, 2.24) is 15.6 Å². The van der Waals surface area contributed by atoms with E-state index in [0.29, 0.717) is 43.7 Å². The monoisotopic (exact) mass is 416 g/mol. The Bertz CT molecular complexity index is 765.